The summed E-state index contributed by atoms with van der Waals surface area (Å²) in [5, 5.41) is 0. The standard InChI is InChI=1S/C15H26NO2Si.HI/c1-16(2,13-19(3,4)5)11-12-18-15(17)14-9-7-6-8-10-14;/h6-10H,11-13H2,1-5H3;1H/q+1;/p-1. The lowest BCUT2D eigenvalue weighted by Gasteiger charge is -2.34. The number of hydrogen-bond acceptors (Lipinski definition) is 2. The number of nitrogens with zero attached hydrogens (tertiary/aromatic N) is 1. The van der Waals surface area contributed by atoms with Crippen LogP contribution in [0.5, 0.6) is 0 Å². The fourth-order valence-electron chi connectivity index (χ4n) is 2.41. The van der Waals surface area contributed by atoms with Crippen molar-refractivity contribution in [1.82, 2.24) is 0 Å². The molecule has 0 aliphatic carbocycles. The molecule has 0 aromatic heterocycles. The van der Waals surface area contributed by atoms with Crippen molar-refractivity contribution in [2.75, 3.05) is 33.4 Å². The molecule has 114 valence electrons. The Morgan fingerprint density at radius 3 is 2.20 bits per heavy atom. The number of esters is 1. The van der Waals surface area contributed by atoms with Crippen LogP contribution in [0.1, 0.15) is 10.4 Å². The van der Waals surface area contributed by atoms with Gasteiger partial charge in [0.2, 0.25) is 0 Å². The first-order valence-corrected chi connectivity index (χ1v) is 10.4. The second-order valence-corrected chi connectivity index (χ2v) is 12.3. The lowest BCUT2D eigenvalue weighted by atomic mass is 10.2. The summed E-state index contributed by atoms with van der Waals surface area (Å²) in [5.41, 5.74) is 0.623. The van der Waals surface area contributed by atoms with Crippen molar-refractivity contribution in [2.24, 2.45) is 0 Å². The molecule has 0 spiro atoms. The molecule has 0 unspecified atom stereocenters. The summed E-state index contributed by atoms with van der Waals surface area (Å²) in [7, 11) is 3.30. The number of quaternary nitrogens is 1. The molecule has 0 aliphatic heterocycles. The minimum absolute atomic E-state index is 0. The van der Waals surface area contributed by atoms with E-state index in [1.165, 1.54) is 6.17 Å². The molecule has 0 aliphatic rings. The van der Waals surface area contributed by atoms with E-state index in [1.54, 1.807) is 12.1 Å². The molecule has 0 amide bonds. The van der Waals surface area contributed by atoms with Gasteiger partial charge in [-0.3, -0.25) is 0 Å². The monoisotopic (exact) mass is 407 g/mol. The SMILES string of the molecule is C[N+](C)(CCOC(=O)c1ccccc1)C[Si](C)(C)C.[I-]. The van der Waals surface area contributed by atoms with Gasteiger partial charge in [-0.25, -0.2) is 4.79 Å². The fraction of sp³-hybridized carbons (Fsp3) is 0.533. The van der Waals surface area contributed by atoms with E-state index in [1.807, 2.05) is 18.2 Å². The highest BCUT2D eigenvalue weighted by atomic mass is 127. The van der Waals surface area contributed by atoms with Crippen molar-refractivity contribution in [3.8, 4) is 0 Å². The van der Waals surface area contributed by atoms with Crippen molar-refractivity contribution in [2.45, 2.75) is 19.6 Å². The highest BCUT2D eigenvalue weighted by molar-refractivity contribution is 6.75. The Kier molecular flexibility index (Phi) is 7.98. The molecule has 3 nitrogen and oxygen atoms in total. The molecule has 1 rings (SSSR count). The van der Waals surface area contributed by atoms with Crippen molar-refractivity contribution >= 4 is 14.0 Å². The Labute approximate surface area is 140 Å². The fourth-order valence-corrected chi connectivity index (χ4v) is 5.13. The van der Waals surface area contributed by atoms with Gasteiger partial charge in [0.15, 0.2) is 0 Å². The average Bonchev–Trinajstić information content (AvgIpc) is 2.26. The first kappa shape index (κ1) is 19.6. The van der Waals surface area contributed by atoms with Crippen LogP contribution in [-0.2, 0) is 4.74 Å². The van der Waals surface area contributed by atoms with Crippen LogP contribution < -0.4 is 24.0 Å². The maximum absolute atomic E-state index is 11.8. The Morgan fingerprint density at radius 1 is 1.15 bits per heavy atom. The zero-order valence-corrected chi connectivity index (χ0v) is 16.3. The van der Waals surface area contributed by atoms with Gasteiger partial charge in [-0.05, 0) is 12.1 Å². The second kappa shape index (κ2) is 8.14. The van der Waals surface area contributed by atoms with E-state index in [9.17, 15) is 4.79 Å². The third-order valence-corrected chi connectivity index (χ3v) is 4.65. The molecule has 1 aromatic carbocycles. The van der Waals surface area contributed by atoms with Gasteiger partial charge in [0.1, 0.15) is 21.2 Å². The van der Waals surface area contributed by atoms with Crippen molar-refractivity contribution in [3.05, 3.63) is 35.9 Å². The largest absolute Gasteiger partial charge is 1.00 e. The third kappa shape index (κ3) is 8.01. The molecular formula is C15H26INO2Si. The molecule has 1 aromatic rings. The minimum Gasteiger partial charge on any atom is -1.00 e. The van der Waals surface area contributed by atoms with E-state index in [4.69, 9.17) is 4.74 Å². The molecule has 0 heterocycles. The number of halogens is 1. The third-order valence-electron chi connectivity index (χ3n) is 2.84. The summed E-state index contributed by atoms with van der Waals surface area (Å²) >= 11 is 0. The van der Waals surface area contributed by atoms with E-state index >= 15 is 0 Å². The molecule has 0 atom stereocenters. The van der Waals surface area contributed by atoms with E-state index in [0.717, 1.165) is 11.0 Å². The highest BCUT2D eigenvalue weighted by Gasteiger charge is 2.26. The molecule has 0 N–H and O–H groups in total. The Balaban J connectivity index is 0.00000361. The normalized spacial score (nSPS) is 11.7. The summed E-state index contributed by atoms with van der Waals surface area (Å²) in [6.07, 6.45) is 1.19. The topological polar surface area (TPSA) is 26.3 Å². The Hall–Kier alpha value is -0.403. The summed E-state index contributed by atoms with van der Waals surface area (Å²) in [4.78, 5) is 11.8. The van der Waals surface area contributed by atoms with Crippen molar-refractivity contribution < 1.29 is 38.0 Å². The van der Waals surface area contributed by atoms with E-state index < -0.39 is 8.07 Å². The van der Waals surface area contributed by atoms with Crippen LogP contribution in [-0.4, -0.2) is 51.9 Å². The van der Waals surface area contributed by atoms with Crippen LogP contribution in [0, 0.1) is 0 Å². The maximum Gasteiger partial charge on any atom is 0.338 e. The number of benzene rings is 1. The molecule has 20 heavy (non-hydrogen) atoms. The van der Waals surface area contributed by atoms with E-state index in [2.05, 4.69) is 33.7 Å². The molecule has 0 saturated carbocycles. The number of likely N-dealkylation sites (N-methyl/N-ethyl adjacent to an activating group) is 1. The quantitative estimate of drug-likeness (QED) is 0.283. The van der Waals surface area contributed by atoms with Gasteiger partial charge in [-0.2, -0.15) is 0 Å². The zero-order valence-electron chi connectivity index (χ0n) is 13.1. The number of carbonyl (C=O) groups excluding carboxylic acids is 1. The predicted molar refractivity (Wildman–Crippen MR) is 81.9 cm³/mol. The van der Waals surface area contributed by atoms with Gasteiger partial charge >= 0.3 is 5.97 Å². The average molecular weight is 407 g/mol. The maximum atomic E-state index is 11.8. The van der Waals surface area contributed by atoms with Gasteiger partial charge in [0, 0.05) is 0 Å². The lowest BCUT2D eigenvalue weighted by molar-refractivity contribution is -0.880. The number of ether oxygens (including phenoxy) is 1. The van der Waals surface area contributed by atoms with Gasteiger partial charge < -0.3 is 33.2 Å². The highest BCUT2D eigenvalue weighted by Crippen LogP contribution is 2.09. The number of carbonyl (C=O) groups is 1. The summed E-state index contributed by atoms with van der Waals surface area (Å²) in [5.74, 6) is -0.228. The zero-order chi connectivity index (χ0) is 14.5. The number of rotatable bonds is 6. The van der Waals surface area contributed by atoms with Crippen LogP contribution in [0.25, 0.3) is 0 Å². The van der Waals surface area contributed by atoms with Gasteiger partial charge in [-0.15, -0.1) is 0 Å². The van der Waals surface area contributed by atoms with Crippen LogP contribution in [0.3, 0.4) is 0 Å². The first-order chi connectivity index (χ1) is 8.70. The molecule has 0 saturated heterocycles. The Morgan fingerprint density at radius 2 is 1.70 bits per heavy atom. The van der Waals surface area contributed by atoms with E-state index in [-0.39, 0.29) is 29.9 Å². The van der Waals surface area contributed by atoms with Gasteiger partial charge in [0.25, 0.3) is 0 Å². The van der Waals surface area contributed by atoms with Crippen molar-refractivity contribution in [1.29, 1.82) is 0 Å². The molecule has 0 radical (unpaired) electrons. The molecular weight excluding hydrogens is 381 g/mol. The number of hydrogen-bond donors (Lipinski definition) is 0. The van der Waals surface area contributed by atoms with E-state index in [0.29, 0.717) is 12.2 Å². The minimum atomic E-state index is -1.10. The molecule has 5 heteroatoms. The predicted octanol–water partition coefficient (Wildman–Crippen LogP) is -0.199. The first-order valence-electron chi connectivity index (χ1n) is 6.74. The lowest BCUT2D eigenvalue weighted by Crippen LogP contribution is -3.00. The van der Waals surface area contributed by atoms with Crippen LogP contribution >= 0.6 is 0 Å². The second-order valence-electron chi connectivity index (χ2n) is 6.88. The molecule has 0 fully saturated rings. The Bertz CT molecular complexity index is 416. The summed E-state index contributed by atoms with van der Waals surface area (Å²) in [6.45, 7) is 8.43. The van der Waals surface area contributed by atoms with Crippen LogP contribution in [0.15, 0.2) is 30.3 Å². The summed E-state index contributed by atoms with van der Waals surface area (Å²) < 4.78 is 6.25. The van der Waals surface area contributed by atoms with Crippen LogP contribution in [0.4, 0.5) is 0 Å². The molecule has 0 bridgehead atoms. The van der Waals surface area contributed by atoms with Gasteiger partial charge in [-0.1, -0.05) is 37.8 Å². The van der Waals surface area contributed by atoms with Crippen LogP contribution in [0.2, 0.25) is 19.6 Å². The van der Waals surface area contributed by atoms with Crippen molar-refractivity contribution in [3.63, 3.8) is 0 Å². The summed E-state index contributed by atoms with van der Waals surface area (Å²) in [6, 6.07) is 9.16. The van der Waals surface area contributed by atoms with Gasteiger partial charge in [0.05, 0.1) is 25.8 Å². The smallest absolute Gasteiger partial charge is 0.338 e.